The number of nitrogens with one attached hydrogen (secondary N) is 1. The van der Waals surface area contributed by atoms with Crippen molar-refractivity contribution >= 4 is 30.0 Å². The molecule has 2 aromatic heterocycles. The molecule has 0 radical (unpaired) electrons. The maximum absolute atomic E-state index is 13.0. The molecule has 5 rings (SSSR count). The summed E-state index contributed by atoms with van der Waals surface area (Å²) in [6.07, 6.45) is 1.63. The standard InChI is InChI=1S/C31H27N3O8/c1-18-13-22(15-26-28(35)33(31(39)32-26)16-25-11-12-27(42-25)30(38)40-3)19(2)34(18)23-7-9-24(10-8-23)41-17-20-5-4-6-21(14-20)29(36)37/h4-15H,16-17H2,1-3H3,(H,32,39)(H,36,37)/b26-15-. The summed E-state index contributed by atoms with van der Waals surface area (Å²) in [5.41, 5.74) is 4.47. The molecule has 3 amide bonds. The molecule has 0 atom stereocenters. The zero-order chi connectivity index (χ0) is 30.0. The highest BCUT2D eigenvalue weighted by Crippen LogP contribution is 2.26. The van der Waals surface area contributed by atoms with E-state index in [0.29, 0.717) is 5.75 Å². The fraction of sp³-hybridized carbons (Fsp3) is 0.161. The molecular formula is C31H27N3O8. The highest BCUT2D eigenvalue weighted by atomic mass is 16.5. The van der Waals surface area contributed by atoms with E-state index in [9.17, 15) is 24.3 Å². The van der Waals surface area contributed by atoms with Crippen LogP contribution in [0.3, 0.4) is 0 Å². The molecule has 1 aliphatic rings. The van der Waals surface area contributed by atoms with E-state index in [4.69, 9.17) is 9.15 Å². The Bertz CT molecular complexity index is 1730. The van der Waals surface area contributed by atoms with Crippen molar-refractivity contribution in [3.8, 4) is 11.4 Å². The molecule has 2 aromatic carbocycles. The van der Waals surface area contributed by atoms with E-state index in [1.54, 1.807) is 24.3 Å². The Labute approximate surface area is 240 Å². The molecule has 11 heteroatoms. The number of ether oxygens (including phenoxy) is 2. The number of methoxy groups -OCH3 is 1. The zero-order valence-electron chi connectivity index (χ0n) is 23.0. The number of esters is 1. The van der Waals surface area contributed by atoms with E-state index in [2.05, 4.69) is 10.1 Å². The molecule has 0 spiro atoms. The van der Waals surface area contributed by atoms with Crippen LogP contribution in [0.5, 0.6) is 5.75 Å². The van der Waals surface area contributed by atoms with Gasteiger partial charge >= 0.3 is 18.0 Å². The number of urea groups is 1. The molecule has 214 valence electrons. The minimum Gasteiger partial charge on any atom is -0.489 e. The minimum absolute atomic E-state index is 0.0205. The Kier molecular flexibility index (Phi) is 7.65. The molecular weight excluding hydrogens is 542 g/mol. The Morgan fingerprint density at radius 3 is 2.50 bits per heavy atom. The first-order valence-electron chi connectivity index (χ1n) is 12.9. The third-order valence-corrected chi connectivity index (χ3v) is 6.77. The second-order valence-corrected chi connectivity index (χ2v) is 9.59. The second-order valence-electron chi connectivity index (χ2n) is 9.59. The number of nitrogens with zero attached hydrogens (tertiary/aromatic N) is 2. The topological polar surface area (TPSA) is 140 Å². The molecule has 1 fully saturated rings. The molecule has 1 aliphatic heterocycles. The lowest BCUT2D eigenvalue weighted by atomic mass is 10.1. The highest BCUT2D eigenvalue weighted by Gasteiger charge is 2.34. The van der Waals surface area contributed by atoms with Crippen LogP contribution in [0.25, 0.3) is 11.8 Å². The maximum Gasteiger partial charge on any atom is 0.373 e. The summed E-state index contributed by atoms with van der Waals surface area (Å²) in [6, 6.07) is 18.3. The van der Waals surface area contributed by atoms with Gasteiger partial charge in [0.2, 0.25) is 5.76 Å². The fourth-order valence-electron chi connectivity index (χ4n) is 4.68. The first kappa shape index (κ1) is 28.0. The van der Waals surface area contributed by atoms with Crippen LogP contribution in [0, 0.1) is 13.8 Å². The lowest BCUT2D eigenvalue weighted by Gasteiger charge is -2.12. The summed E-state index contributed by atoms with van der Waals surface area (Å²) in [5.74, 6) is -1.29. The van der Waals surface area contributed by atoms with Gasteiger partial charge < -0.3 is 28.9 Å². The zero-order valence-corrected chi connectivity index (χ0v) is 23.0. The highest BCUT2D eigenvalue weighted by molar-refractivity contribution is 6.14. The van der Waals surface area contributed by atoms with Crippen molar-refractivity contribution < 1.29 is 38.2 Å². The van der Waals surface area contributed by atoms with Gasteiger partial charge in [0.1, 0.15) is 23.8 Å². The Morgan fingerprint density at radius 2 is 1.79 bits per heavy atom. The Balaban J connectivity index is 1.29. The third-order valence-electron chi connectivity index (χ3n) is 6.77. The van der Waals surface area contributed by atoms with Crippen LogP contribution < -0.4 is 10.1 Å². The van der Waals surface area contributed by atoms with Gasteiger partial charge in [-0.15, -0.1) is 0 Å². The molecule has 0 bridgehead atoms. The van der Waals surface area contributed by atoms with Crippen LogP contribution in [-0.2, 0) is 22.7 Å². The number of aromatic carboxylic acids is 1. The van der Waals surface area contributed by atoms with Gasteiger partial charge in [-0.1, -0.05) is 12.1 Å². The maximum atomic E-state index is 13.0. The largest absolute Gasteiger partial charge is 0.489 e. The van der Waals surface area contributed by atoms with Crippen LogP contribution in [-0.4, -0.2) is 45.6 Å². The molecule has 0 unspecified atom stereocenters. The molecule has 11 nitrogen and oxygen atoms in total. The SMILES string of the molecule is COC(=O)c1ccc(CN2C(=O)N/C(=C\c3cc(C)n(-c4ccc(OCc5cccc(C(=O)O)c5)cc4)c3C)C2=O)o1. The molecule has 3 heterocycles. The molecule has 2 N–H and O–H groups in total. The number of carboxylic acid groups (broad SMARTS) is 1. The van der Waals surface area contributed by atoms with Gasteiger partial charge in [0.15, 0.2) is 0 Å². The van der Waals surface area contributed by atoms with Crippen LogP contribution in [0.4, 0.5) is 4.79 Å². The normalized spacial score (nSPS) is 13.9. The number of carbonyl (C=O) groups is 4. The smallest absolute Gasteiger partial charge is 0.373 e. The monoisotopic (exact) mass is 569 g/mol. The molecule has 1 saturated heterocycles. The van der Waals surface area contributed by atoms with E-state index in [1.165, 1.54) is 25.3 Å². The summed E-state index contributed by atoms with van der Waals surface area (Å²) < 4.78 is 17.9. The van der Waals surface area contributed by atoms with Crippen LogP contribution in [0.2, 0.25) is 0 Å². The lowest BCUT2D eigenvalue weighted by molar-refractivity contribution is -0.123. The van der Waals surface area contributed by atoms with Crippen molar-refractivity contribution in [2.24, 2.45) is 0 Å². The third kappa shape index (κ3) is 5.66. The van der Waals surface area contributed by atoms with Crippen LogP contribution >= 0.6 is 0 Å². The lowest BCUT2D eigenvalue weighted by Crippen LogP contribution is -2.30. The molecule has 4 aromatic rings. The van der Waals surface area contributed by atoms with Gasteiger partial charge in [0, 0.05) is 17.1 Å². The van der Waals surface area contributed by atoms with Gasteiger partial charge in [-0.2, -0.15) is 0 Å². The number of amides is 3. The number of aryl methyl sites for hydroxylation is 1. The average molecular weight is 570 g/mol. The number of imide groups is 1. The number of hydrogen-bond acceptors (Lipinski definition) is 7. The minimum atomic E-state index is -0.991. The summed E-state index contributed by atoms with van der Waals surface area (Å²) in [7, 11) is 1.23. The number of carbonyl (C=O) groups excluding carboxylic acids is 3. The second kappa shape index (κ2) is 11.5. The number of rotatable bonds is 9. The van der Waals surface area contributed by atoms with Gasteiger partial charge in [-0.3, -0.25) is 9.69 Å². The van der Waals surface area contributed by atoms with Gasteiger partial charge in [-0.05, 0) is 85.6 Å². The first-order valence-corrected chi connectivity index (χ1v) is 12.9. The fourth-order valence-corrected chi connectivity index (χ4v) is 4.68. The van der Waals surface area contributed by atoms with Crippen molar-refractivity contribution in [3.63, 3.8) is 0 Å². The van der Waals surface area contributed by atoms with Gasteiger partial charge in [0.05, 0.1) is 19.2 Å². The Morgan fingerprint density at radius 1 is 1.02 bits per heavy atom. The summed E-state index contributed by atoms with van der Waals surface area (Å²) in [6.45, 7) is 3.93. The van der Waals surface area contributed by atoms with E-state index in [-0.39, 0.29) is 35.9 Å². The van der Waals surface area contributed by atoms with E-state index >= 15 is 0 Å². The molecule has 0 aliphatic carbocycles. The van der Waals surface area contributed by atoms with Crippen LogP contribution in [0.15, 0.2) is 76.8 Å². The predicted molar refractivity (Wildman–Crippen MR) is 150 cm³/mol. The number of furan rings is 1. The van der Waals surface area contributed by atoms with Crippen molar-refractivity contribution in [1.82, 2.24) is 14.8 Å². The number of aromatic nitrogens is 1. The molecule has 42 heavy (non-hydrogen) atoms. The van der Waals surface area contributed by atoms with Gasteiger partial charge in [0.25, 0.3) is 5.91 Å². The van der Waals surface area contributed by atoms with Crippen molar-refractivity contribution in [1.29, 1.82) is 0 Å². The summed E-state index contributed by atoms with van der Waals surface area (Å²) in [4.78, 5) is 49.4. The predicted octanol–water partition coefficient (Wildman–Crippen LogP) is 4.84. The number of benzene rings is 2. The number of hydrogen-bond donors (Lipinski definition) is 2. The molecule has 0 saturated carbocycles. The van der Waals surface area contributed by atoms with Gasteiger partial charge in [-0.25, -0.2) is 14.4 Å². The van der Waals surface area contributed by atoms with E-state index in [0.717, 1.165) is 33.1 Å². The summed E-state index contributed by atoms with van der Waals surface area (Å²) in [5, 5.41) is 11.8. The Hall–Kier alpha value is -5.58. The van der Waals surface area contributed by atoms with Crippen molar-refractivity contribution in [2.45, 2.75) is 27.0 Å². The van der Waals surface area contributed by atoms with E-state index < -0.39 is 23.9 Å². The average Bonchev–Trinajstić information content (AvgIpc) is 3.64. The van der Waals surface area contributed by atoms with Crippen molar-refractivity contribution in [2.75, 3.05) is 7.11 Å². The van der Waals surface area contributed by atoms with Crippen molar-refractivity contribution in [3.05, 3.63) is 112 Å². The first-order chi connectivity index (χ1) is 20.1. The van der Waals surface area contributed by atoms with E-state index in [1.807, 2.05) is 48.7 Å². The number of carboxylic acids is 1. The quantitative estimate of drug-likeness (QED) is 0.166. The summed E-state index contributed by atoms with van der Waals surface area (Å²) >= 11 is 0. The van der Waals surface area contributed by atoms with Crippen LogP contribution in [0.1, 0.15) is 49.2 Å².